The van der Waals surface area contributed by atoms with Crippen LogP contribution in [-0.2, 0) is 0 Å². The SMILES string of the molecule is CCC(C)C(O)CNC(=O)c1cccc(Br)c1Cl. The summed E-state index contributed by atoms with van der Waals surface area (Å²) in [6.45, 7) is 4.18. The molecule has 1 aromatic rings. The Morgan fingerprint density at radius 2 is 2.22 bits per heavy atom. The molecular weight excluding hydrogens is 318 g/mol. The summed E-state index contributed by atoms with van der Waals surface area (Å²) >= 11 is 9.29. The second-order valence-electron chi connectivity index (χ2n) is 4.26. The molecule has 1 rings (SSSR count). The quantitative estimate of drug-likeness (QED) is 0.868. The van der Waals surface area contributed by atoms with Gasteiger partial charge in [-0.1, -0.05) is 37.9 Å². The van der Waals surface area contributed by atoms with Crippen molar-refractivity contribution in [2.75, 3.05) is 6.54 Å². The molecule has 0 aromatic heterocycles. The van der Waals surface area contributed by atoms with Gasteiger partial charge in [0.1, 0.15) is 0 Å². The van der Waals surface area contributed by atoms with Crippen molar-refractivity contribution in [3.8, 4) is 0 Å². The Labute approximate surface area is 121 Å². The number of hydrogen-bond donors (Lipinski definition) is 2. The fraction of sp³-hybridized carbons (Fsp3) is 0.462. The zero-order valence-corrected chi connectivity index (χ0v) is 12.8. The van der Waals surface area contributed by atoms with Crippen molar-refractivity contribution in [2.24, 2.45) is 5.92 Å². The molecule has 100 valence electrons. The first-order chi connectivity index (χ1) is 8.47. The normalized spacial score (nSPS) is 14.1. The predicted octanol–water partition coefficient (Wildman–Crippen LogP) is 3.24. The molecule has 1 aromatic carbocycles. The third kappa shape index (κ3) is 3.97. The first-order valence-electron chi connectivity index (χ1n) is 5.87. The van der Waals surface area contributed by atoms with E-state index in [2.05, 4.69) is 21.2 Å². The molecule has 0 aliphatic carbocycles. The van der Waals surface area contributed by atoms with Crippen LogP contribution in [0.2, 0.25) is 5.02 Å². The second kappa shape index (κ2) is 7.12. The lowest BCUT2D eigenvalue weighted by molar-refractivity contribution is 0.0850. The molecule has 0 aliphatic heterocycles. The van der Waals surface area contributed by atoms with Gasteiger partial charge in [0.15, 0.2) is 0 Å². The molecule has 0 bridgehead atoms. The molecule has 0 radical (unpaired) electrons. The van der Waals surface area contributed by atoms with E-state index in [1.807, 2.05) is 13.8 Å². The maximum absolute atomic E-state index is 11.9. The maximum Gasteiger partial charge on any atom is 0.252 e. The molecule has 18 heavy (non-hydrogen) atoms. The number of carbonyl (C=O) groups excluding carboxylic acids is 1. The number of aliphatic hydroxyl groups excluding tert-OH is 1. The average Bonchev–Trinajstić information content (AvgIpc) is 2.37. The van der Waals surface area contributed by atoms with Crippen molar-refractivity contribution < 1.29 is 9.90 Å². The highest BCUT2D eigenvalue weighted by Gasteiger charge is 2.16. The Kier molecular flexibility index (Phi) is 6.12. The Morgan fingerprint density at radius 1 is 1.56 bits per heavy atom. The minimum absolute atomic E-state index is 0.156. The fourth-order valence-corrected chi connectivity index (χ4v) is 2.02. The van der Waals surface area contributed by atoms with Crippen LogP contribution in [0, 0.1) is 5.92 Å². The van der Waals surface area contributed by atoms with Crippen LogP contribution in [-0.4, -0.2) is 23.7 Å². The highest BCUT2D eigenvalue weighted by molar-refractivity contribution is 9.10. The smallest absolute Gasteiger partial charge is 0.252 e. The summed E-state index contributed by atoms with van der Waals surface area (Å²) in [4.78, 5) is 11.9. The summed E-state index contributed by atoms with van der Waals surface area (Å²) in [5.74, 6) is -0.119. The molecule has 3 nitrogen and oxygen atoms in total. The van der Waals surface area contributed by atoms with Crippen LogP contribution in [0.4, 0.5) is 0 Å². The van der Waals surface area contributed by atoms with Crippen LogP contribution in [0.3, 0.4) is 0 Å². The average molecular weight is 335 g/mol. The van der Waals surface area contributed by atoms with Crippen molar-refractivity contribution >= 4 is 33.4 Å². The van der Waals surface area contributed by atoms with Gasteiger partial charge in [-0.25, -0.2) is 0 Å². The predicted molar refractivity (Wildman–Crippen MR) is 76.9 cm³/mol. The summed E-state index contributed by atoms with van der Waals surface area (Å²) in [5, 5.41) is 12.9. The molecular formula is C13H17BrClNO2. The topological polar surface area (TPSA) is 49.3 Å². The number of rotatable bonds is 5. The van der Waals surface area contributed by atoms with E-state index in [1.165, 1.54) is 0 Å². The summed E-state index contributed by atoms with van der Waals surface area (Å²) in [6.07, 6.45) is 0.333. The van der Waals surface area contributed by atoms with Gasteiger partial charge in [-0.05, 0) is 34.0 Å². The van der Waals surface area contributed by atoms with Crippen LogP contribution in [0.1, 0.15) is 30.6 Å². The number of carbonyl (C=O) groups is 1. The maximum atomic E-state index is 11.9. The van der Waals surface area contributed by atoms with Crippen LogP contribution in [0.15, 0.2) is 22.7 Å². The van der Waals surface area contributed by atoms with Crippen molar-refractivity contribution in [3.63, 3.8) is 0 Å². The Hall–Kier alpha value is -0.580. The zero-order chi connectivity index (χ0) is 13.7. The van der Waals surface area contributed by atoms with Crippen LogP contribution in [0.25, 0.3) is 0 Å². The molecule has 2 N–H and O–H groups in total. The lowest BCUT2D eigenvalue weighted by Crippen LogP contribution is -2.35. The third-order valence-electron chi connectivity index (χ3n) is 2.97. The van der Waals surface area contributed by atoms with Gasteiger partial charge in [-0.2, -0.15) is 0 Å². The number of aliphatic hydroxyl groups is 1. The van der Waals surface area contributed by atoms with Crippen molar-refractivity contribution in [3.05, 3.63) is 33.3 Å². The summed E-state index contributed by atoms with van der Waals surface area (Å²) in [7, 11) is 0. The van der Waals surface area contributed by atoms with E-state index in [0.29, 0.717) is 15.1 Å². The number of halogens is 2. The summed E-state index contributed by atoms with van der Waals surface area (Å²) < 4.78 is 0.680. The van der Waals surface area contributed by atoms with Gasteiger partial charge in [0.05, 0.1) is 16.7 Å². The lowest BCUT2D eigenvalue weighted by Gasteiger charge is -2.17. The largest absolute Gasteiger partial charge is 0.391 e. The van der Waals surface area contributed by atoms with E-state index >= 15 is 0 Å². The monoisotopic (exact) mass is 333 g/mol. The number of nitrogens with one attached hydrogen (secondary N) is 1. The van der Waals surface area contributed by atoms with E-state index in [-0.39, 0.29) is 18.4 Å². The Balaban J connectivity index is 2.64. The molecule has 0 heterocycles. The molecule has 2 unspecified atom stereocenters. The van der Waals surface area contributed by atoms with Crippen LogP contribution >= 0.6 is 27.5 Å². The van der Waals surface area contributed by atoms with E-state index in [4.69, 9.17) is 11.6 Å². The fourth-order valence-electron chi connectivity index (χ4n) is 1.44. The van der Waals surface area contributed by atoms with Crippen LogP contribution in [0.5, 0.6) is 0 Å². The van der Waals surface area contributed by atoms with Crippen LogP contribution < -0.4 is 5.32 Å². The number of hydrogen-bond acceptors (Lipinski definition) is 2. The van der Waals surface area contributed by atoms with E-state index in [0.717, 1.165) is 6.42 Å². The van der Waals surface area contributed by atoms with Gasteiger partial charge in [0.2, 0.25) is 0 Å². The van der Waals surface area contributed by atoms with Gasteiger partial charge in [0, 0.05) is 11.0 Å². The molecule has 0 saturated heterocycles. The minimum Gasteiger partial charge on any atom is -0.391 e. The first kappa shape index (κ1) is 15.5. The summed E-state index contributed by atoms with van der Waals surface area (Å²) in [6, 6.07) is 5.17. The third-order valence-corrected chi connectivity index (χ3v) is 4.27. The van der Waals surface area contributed by atoms with E-state index in [9.17, 15) is 9.90 Å². The standard InChI is InChI=1S/C13H17BrClNO2/c1-3-8(2)11(17)7-16-13(18)9-5-4-6-10(14)12(9)15/h4-6,8,11,17H,3,7H2,1-2H3,(H,16,18). The van der Waals surface area contributed by atoms with Gasteiger partial charge in [-0.15, -0.1) is 0 Å². The van der Waals surface area contributed by atoms with E-state index in [1.54, 1.807) is 18.2 Å². The molecule has 1 amide bonds. The van der Waals surface area contributed by atoms with Gasteiger partial charge >= 0.3 is 0 Å². The van der Waals surface area contributed by atoms with Crippen molar-refractivity contribution in [1.82, 2.24) is 5.32 Å². The van der Waals surface area contributed by atoms with Gasteiger partial charge < -0.3 is 10.4 Å². The molecule has 2 atom stereocenters. The van der Waals surface area contributed by atoms with Gasteiger partial charge in [0.25, 0.3) is 5.91 Å². The van der Waals surface area contributed by atoms with Crippen molar-refractivity contribution in [1.29, 1.82) is 0 Å². The number of amides is 1. The molecule has 5 heteroatoms. The zero-order valence-electron chi connectivity index (χ0n) is 10.4. The molecule has 0 spiro atoms. The van der Waals surface area contributed by atoms with Crippen molar-refractivity contribution in [2.45, 2.75) is 26.4 Å². The Morgan fingerprint density at radius 3 is 2.83 bits per heavy atom. The highest BCUT2D eigenvalue weighted by atomic mass is 79.9. The lowest BCUT2D eigenvalue weighted by atomic mass is 10.0. The number of benzene rings is 1. The molecule has 0 fully saturated rings. The van der Waals surface area contributed by atoms with Gasteiger partial charge in [-0.3, -0.25) is 4.79 Å². The molecule has 0 aliphatic rings. The highest BCUT2D eigenvalue weighted by Crippen LogP contribution is 2.25. The summed E-state index contributed by atoms with van der Waals surface area (Å²) in [5.41, 5.74) is 0.405. The second-order valence-corrected chi connectivity index (χ2v) is 5.50. The Bertz CT molecular complexity index is 425. The minimum atomic E-state index is -0.537. The van der Waals surface area contributed by atoms with E-state index < -0.39 is 6.10 Å². The first-order valence-corrected chi connectivity index (χ1v) is 7.04. The molecule has 0 saturated carbocycles.